The van der Waals surface area contributed by atoms with E-state index in [1.807, 2.05) is 19.1 Å². The van der Waals surface area contributed by atoms with E-state index in [0.29, 0.717) is 19.3 Å². The van der Waals surface area contributed by atoms with E-state index in [-0.39, 0.29) is 29.9 Å². The number of aromatic nitrogens is 2. The van der Waals surface area contributed by atoms with Crippen molar-refractivity contribution < 1.29 is 4.79 Å². The van der Waals surface area contributed by atoms with Crippen LogP contribution in [0.4, 0.5) is 11.5 Å². The monoisotopic (exact) mass is 278 g/mol. The van der Waals surface area contributed by atoms with Gasteiger partial charge in [-0.3, -0.25) is 19.1 Å². The molecule has 7 nitrogen and oxygen atoms in total. The summed E-state index contributed by atoms with van der Waals surface area (Å²) in [5.74, 6) is -0.541. The summed E-state index contributed by atoms with van der Waals surface area (Å²) in [7, 11) is 0. The first kappa shape index (κ1) is 14.1. The number of aromatic amines is 1. The van der Waals surface area contributed by atoms with Crippen LogP contribution in [-0.4, -0.2) is 15.5 Å². The first-order valence-corrected chi connectivity index (χ1v) is 6.63. The highest BCUT2D eigenvalue weighted by molar-refractivity contribution is 5.94. The van der Waals surface area contributed by atoms with Gasteiger partial charge in [0.2, 0.25) is 5.91 Å². The lowest BCUT2D eigenvalue weighted by molar-refractivity contribution is -0.119. The van der Waals surface area contributed by atoms with E-state index in [2.05, 4.69) is 10.3 Å². The van der Waals surface area contributed by atoms with Crippen LogP contribution in [0.3, 0.4) is 0 Å². The number of hydrogen-bond acceptors (Lipinski definition) is 4. The molecule has 0 radical (unpaired) electrons. The molecule has 1 heterocycles. The number of amides is 1. The Hall–Kier alpha value is -2.31. The molecule has 0 spiro atoms. The van der Waals surface area contributed by atoms with E-state index >= 15 is 0 Å². The molecule has 1 amide bonds. The molecule has 0 fully saturated rings. The van der Waals surface area contributed by atoms with E-state index in [4.69, 9.17) is 5.73 Å². The summed E-state index contributed by atoms with van der Waals surface area (Å²) in [6, 6.07) is 0. The zero-order valence-corrected chi connectivity index (χ0v) is 11.3. The number of nitrogen functional groups attached to an aromatic ring is 1. The van der Waals surface area contributed by atoms with Crippen molar-refractivity contribution in [1.29, 1.82) is 0 Å². The summed E-state index contributed by atoms with van der Waals surface area (Å²) < 4.78 is 1.04. The van der Waals surface area contributed by atoms with Gasteiger partial charge >= 0.3 is 5.69 Å². The Balaban J connectivity index is 2.31. The van der Waals surface area contributed by atoms with Gasteiger partial charge in [0, 0.05) is 12.5 Å². The lowest BCUT2D eigenvalue weighted by atomic mass is 10.1. The maximum absolute atomic E-state index is 12.2. The molecule has 0 aromatic carbocycles. The number of carbonyl (C=O) groups is 1. The van der Waals surface area contributed by atoms with E-state index in [9.17, 15) is 14.4 Å². The largest absolute Gasteiger partial charge is 0.383 e. The Bertz CT molecular complexity index is 649. The molecule has 20 heavy (non-hydrogen) atoms. The standard InChI is InChI=1S/C13H18N4O3/c1-2-7-17-12(19)9(10(14)16-13(17)20)15-11(18)8-5-3-4-6-8/h3-4,8H,2,5-7,14H2,1H3,(H,15,18)(H,16,20). The first-order chi connectivity index (χ1) is 9.54. The number of carbonyl (C=O) groups excluding carboxylic acids is 1. The molecule has 108 valence electrons. The van der Waals surface area contributed by atoms with Crippen molar-refractivity contribution >= 4 is 17.4 Å². The smallest absolute Gasteiger partial charge is 0.330 e. The fourth-order valence-corrected chi connectivity index (χ4v) is 2.19. The van der Waals surface area contributed by atoms with Crippen LogP contribution < -0.4 is 22.3 Å². The number of nitrogens with zero attached hydrogens (tertiary/aromatic N) is 1. The van der Waals surface area contributed by atoms with E-state index in [1.165, 1.54) is 0 Å². The van der Waals surface area contributed by atoms with Crippen molar-refractivity contribution in [2.75, 3.05) is 11.1 Å². The Kier molecular flexibility index (Phi) is 4.07. The van der Waals surface area contributed by atoms with E-state index < -0.39 is 11.2 Å². The number of hydrogen-bond donors (Lipinski definition) is 3. The molecule has 0 bridgehead atoms. The highest BCUT2D eigenvalue weighted by Crippen LogP contribution is 2.20. The molecule has 2 rings (SSSR count). The Morgan fingerprint density at radius 2 is 2.10 bits per heavy atom. The van der Waals surface area contributed by atoms with Gasteiger partial charge in [0.15, 0.2) is 0 Å². The van der Waals surface area contributed by atoms with E-state index in [1.54, 1.807) is 0 Å². The normalized spacial score (nSPS) is 14.7. The van der Waals surface area contributed by atoms with E-state index in [0.717, 1.165) is 4.57 Å². The lowest BCUT2D eigenvalue weighted by Crippen LogP contribution is -2.38. The third kappa shape index (κ3) is 2.66. The average Bonchev–Trinajstić information content (AvgIpc) is 2.93. The molecular formula is C13H18N4O3. The number of anilines is 2. The van der Waals surface area contributed by atoms with Gasteiger partial charge in [-0.2, -0.15) is 0 Å². The maximum atomic E-state index is 12.2. The Morgan fingerprint density at radius 3 is 2.70 bits per heavy atom. The van der Waals surface area contributed by atoms with Crippen molar-refractivity contribution in [1.82, 2.24) is 9.55 Å². The molecule has 1 aliphatic rings. The second kappa shape index (κ2) is 5.77. The fraction of sp³-hybridized carbons (Fsp3) is 0.462. The zero-order valence-electron chi connectivity index (χ0n) is 11.3. The Morgan fingerprint density at radius 1 is 1.45 bits per heavy atom. The molecule has 0 unspecified atom stereocenters. The van der Waals surface area contributed by atoms with Crippen LogP contribution in [0.15, 0.2) is 21.7 Å². The summed E-state index contributed by atoms with van der Waals surface area (Å²) in [6.07, 6.45) is 5.79. The Labute approximate surface area is 115 Å². The van der Waals surface area contributed by atoms with Crippen LogP contribution in [0, 0.1) is 5.92 Å². The molecule has 1 aromatic rings. The number of allylic oxidation sites excluding steroid dienone is 2. The van der Waals surface area contributed by atoms with Gasteiger partial charge in [0.05, 0.1) is 0 Å². The van der Waals surface area contributed by atoms with Crippen LogP contribution in [0.5, 0.6) is 0 Å². The maximum Gasteiger partial charge on any atom is 0.330 e. The van der Waals surface area contributed by atoms with Gasteiger partial charge in [-0.15, -0.1) is 0 Å². The van der Waals surface area contributed by atoms with Crippen molar-refractivity contribution in [2.24, 2.45) is 5.92 Å². The zero-order chi connectivity index (χ0) is 14.7. The van der Waals surface area contributed by atoms with Gasteiger partial charge in [-0.1, -0.05) is 19.1 Å². The summed E-state index contributed by atoms with van der Waals surface area (Å²) >= 11 is 0. The predicted octanol–water partition coefficient (Wildman–Crippen LogP) is 0.433. The molecule has 0 aliphatic heterocycles. The molecule has 0 saturated carbocycles. The number of H-pyrrole nitrogens is 1. The molecule has 0 atom stereocenters. The van der Waals surface area contributed by atoms with Gasteiger partial charge in [-0.25, -0.2) is 4.79 Å². The van der Waals surface area contributed by atoms with Crippen molar-refractivity contribution in [3.8, 4) is 0 Å². The molecule has 7 heteroatoms. The molecule has 1 aromatic heterocycles. The summed E-state index contributed by atoms with van der Waals surface area (Å²) in [5.41, 5.74) is 4.47. The SMILES string of the molecule is CCCn1c(=O)[nH]c(N)c(NC(=O)C2CC=CC2)c1=O. The number of nitrogens with one attached hydrogen (secondary N) is 2. The highest BCUT2D eigenvalue weighted by Gasteiger charge is 2.22. The van der Waals surface area contributed by atoms with Crippen LogP contribution in [0.2, 0.25) is 0 Å². The second-order valence-corrected chi connectivity index (χ2v) is 4.80. The van der Waals surface area contributed by atoms with Crippen LogP contribution in [0.25, 0.3) is 0 Å². The van der Waals surface area contributed by atoms with Gasteiger partial charge in [-0.05, 0) is 19.3 Å². The fourth-order valence-electron chi connectivity index (χ4n) is 2.19. The quantitative estimate of drug-likeness (QED) is 0.694. The average molecular weight is 278 g/mol. The van der Waals surface area contributed by atoms with Crippen LogP contribution in [0.1, 0.15) is 26.2 Å². The van der Waals surface area contributed by atoms with Crippen molar-refractivity contribution in [3.05, 3.63) is 33.0 Å². The summed E-state index contributed by atoms with van der Waals surface area (Å²) in [6.45, 7) is 2.13. The van der Waals surface area contributed by atoms with Gasteiger partial charge in [0.1, 0.15) is 11.5 Å². The molecule has 1 aliphatic carbocycles. The third-order valence-corrected chi connectivity index (χ3v) is 3.29. The summed E-state index contributed by atoms with van der Waals surface area (Å²) in [4.78, 5) is 38.2. The second-order valence-electron chi connectivity index (χ2n) is 4.80. The van der Waals surface area contributed by atoms with Crippen molar-refractivity contribution in [3.63, 3.8) is 0 Å². The molecule has 0 saturated heterocycles. The topological polar surface area (TPSA) is 110 Å². The van der Waals surface area contributed by atoms with Gasteiger partial charge < -0.3 is 11.1 Å². The number of rotatable bonds is 4. The lowest BCUT2D eigenvalue weighted by Gasteiger charge is -2.13. The van der Waals surface area contributed by atoms with Crippen LogP contribution >= 0.6 is 0 Å². The number of nitrogens with two attached hydrogens (primary N) is 1. The highest BCUT2D eigenvalue weighted by atomic mass is 16.2. The first-order valence-electron chi connectivity index (χ1n) is 6.63. The predicted molar refractivity (Wildman–Crippen MR) is 76.5 cm³/mol. The summed E-state index contributed by atoms with van der Waals surface area (Å²) in [5, 5.41) is 2.54. The van der Waals surface area contributed by atoms with Crippen molar-refractivity contribution in [2.45, 2.75) is 32.7 Å². The molecule has 4 N–H and O–H groups in total. The minimum atomic E-state index is -0.563. The van der Waals surface area contributed by atoms with Gasteiger partial charge in [0.25, 0.3) is 5.56 Å². The minimum absolute atomic E-state index is 0.0463. The third-order valence-electron chi connectivity index (χ3n) is 3.29. The molecular weight excluding hydrogens is 260 g/mol. The minimum Gasteiger partial charge on any atom is -0.383 e. The van der Waals surface area contributed by atoms with Crippen LogP contribution in [-0.2, 0) is 11.3 Å².